The maximum Gasteiger partial charge on any atom is 0.317 e. The van der Waals surface area contributed by atoms with E-state index in [4.69, 9.17) is 0 Å². The zero-order chi connectivity index (χ0) is 17.4. The zero-order valence-corrected chi connectivity index (χ0v) is 14.5. The Morgan fingerprint density at radius 3 is 3.00 bits per heavy atom. The summed E-state index contributed by atoms with van der Waals surface area (Å²) in [7, 11) is 1.92. The third kappa shape index (κ3) is 2.97. The van der Waals surface area contributed by atoms with Crippen molar-refractivity contribution in [1.82, 2.24) is 29.8 Å². The average Bonchev–Trinajstić information content (AvgIpc) is 3.32. The second kappa shape index (κ2) is 6.23. The van der Waals surface area contributed by atoms with Crippen molar-refractivity contribution in [3.8, 4) is 0 Å². The fourth-order valence-electron chi connectivity index (χ4n) is 3.47. The van der Waals surface area contributed by atoms with E-state index >= 15 is 0 Å². The third-order valence-corrected chi connectivity index (χ3v) is 4.80. The number of carbonyl (C=O) groups excluding carboxylic acids is 1. The van der Waals surface area contributed by atoms with Crippen LogP contribution in [0.3, 0.4) is 0 Å². The highest BCUT2D eigenvalue weighted by molar-refractivity contribution is 5.82. The summed E-state index contributed by atoms with van der Waals surface area (Å²) < 4.78 is 3.82. The minimum atomic E-state index is -0.0406. The molecule has 1 saturated heterocycles. The molecular formula is C18H22N6O. The molecule has 2 aromatic heterocycles. The fourth-order valence-corrected chi connectivity index (χ4v) is 3.47. The average molecular weight is 338 g/mol. The van der Waals surface area contributed by atoms with Gasteiger partial charge in [-0.05, 0) is 25.0 Å². The van der Waals surface area contributed by atoms with Crippen LogP contribution < -0.4 is 5.32 Å². The van der Waals surface area contributed by atoms with Crippen LogP contribution in [0.5, 0.6) is 0 Å². The highest BCUT2D eigenvalue weighted by Crippen LogP contribution is 2.21. The van der Waals surface area contributed by atoms with Crippen LogP contribution in [-0.2, 0) is 13.6 Å². The summed E-state index contributed by atoms with van der Waals surface area (Å²) in [5.41, 5.74) is 3.11. The highest BCUT2D eigenvalue weighted by Gasteiger charge is 2.27. The third-order valence-electron chi connectivity index (χ3n) is 4.80. The van der Waals surface area contributed by atoms with Gasteiger partial charge in [0.25, 0.3) is 0 Å². The van der Waals surface area contributed by atoms with Gasteiger partial charge in [0, 0.05) is 31.7 Å². The fraction of sp³-hybridized carbons (Fsp3) is 0.389. The van der Waals surface area contributed by atoms with E-state index in [1.54, 1.807) is 0 Å². The van der Waals surface area contributed by atoms with Gasteiger partial charge < -0.3 is 10.2 Å². The predicted molar refractivity (Wildman–Crippen MR) is 95.1 cm³/mol. The summed E-state index contributed by atoms with van der Waals surface area (Å²) in [6.45, 7) is 3.90. The highest BCUT2D eigenvalue weighted by atomic mass is 16.2. The van der Waals surface area contributed by atoms with Crippen LogP contribution in [0.2, 0.25) is 0 Å². The number of rotatable bonds is 3. The van der Waals surface area contributed by atoms with Gasteiger partial charge in [-0.2, -0.15) is 10.2 Å². The van der Waals surface area contributed by atoms with Gasteiger partial charge in [0.05, 0.1) is 30.0 Å². The van der Waals surface area contributed by atoms with Gasteiger partial charge in [-0.1, -0.05) is 18.2 Å². The summed E-state index contributed by atoms with van der Waals surface area (Å²) in [4.78, 5) is 14.3. The molecule has 1 unspecified atom stereocenters. The molecule has 7 nitrogen and oxygen atoms in total. The molecule has 1 atom stereocenters. The van der Waals surface area contributed by atoms with Gasteiger partial charge in [-0.15, -0.1) is 0 Å². The number of fused-ring (bicyclic) bond motifs is 1. The molecule has 1 aliphatic rings. The van der Waals surface area contributed by atoms with Crippen LogP contribution in [-0.4, -0.2) is 43.6 Å². The molecule has 3 heterocycles. The lowest BCUT2D eigenvalue weighted by atomic mass is 10.2. The molecule has 1 N–H and O–H groups in total. The van der Waals surface area contributed by atoms with E-state index in [9.17, 15) is 4.79 Å². The van der Waals surface area contributed by atoms with Gasteiger partial charge in [0.15, 0.2) is 0 Å². The molecule has 1 aromatic carbocycles. The number of amides is 2. The Morgan fingerprint density at radius 2 is 2.20 bits per heavy atom. The molecule has 0 radical (unpaired) electrons. The van der Waals surface area contributed by atoms with Crippen molar-refractivity contribution in [2.45, 2.75) is 25.9 Å². The molecule has 2 amide bonds. The van der Waals surface area contributed by atoms with Crippen molar-refractivity contribution in [2.24, 2.45) is 7.05 Å². The van der Waals surface area contributed by atoms with E-state index in [0.29, 0.717) is 13.1 Å². The second-order valence-corrected chi connectivity index (χ2v) is 6.63. The number of hydrogen-bond acceptors (Lipinski definition) is 3. The Labute approximate surface area is 146 Å². The number of urea groups is 1. The van der Waals surface area contributed by atoms with Gasteiger partial charge >= 0.3 is 6.03 Å². The SMILES string of the molecule is Cc1cnn(C2CCN(C(=O)NCc3nn(C)c4ccccc34)C2)c1. The molecule has 0 spiro atoms. The molecule has 0 aliphatic carbocycles. The first-order chi connectivity index (χ1) is 12.1. The standard InChI is InChI=1S/C18H22N6O/c1-13-9-20-24(11-13)14-7-8-23(12-14)18(25)19-10-16-15-5-3-4-6-17(15)22(2)21-16/h3-6,9,11,14H,7-8,10,12H2,1-2H3,(H,19,25). The van der Waals surface area contributed by atoms with Crippen LogP contribution >= 0.6 is 0 Å². The minimum Gasteiger partial charge on any atom is -0.332 e. The van der Waals surface area contributed by atoms with Crippen molar-refractivity contribution < 1.29 is 4.79 Å². The van der Waals surface area contributed by atoms with Crippen LogP contribution in [0.25, 0.3) is 10.9 Å². The summed E-state index contributed by atoms with van der Waals surface area (Å²) in [6.07, 6.45) is 4.82. The normalized spacial score (nSPS) is 17.4. The number of benzene rings is 1. The molecule has 1 fully saturated rings. The van der Waals surface area contributed by atoms with E-state index < -0.39 is 0 Å². The Morgan fingerprint density at radius 1 is 1.36 bits per heavy atom. The molecule has 3 aromatic rings. The van der Waals surface area contributed by atoms with E-state index in [0.717, 1.165) is 35.1 Å². The van der Waals surface area contributed by atoms with Gasteiger partial charge in [0.2, 0.25) is 0 Å². The van der Waals surface area contributed by atoms with Crippen molar-refractivity contribution in [2.75, 3.05) is 13.1 Å². The van der Waals surface area contributed by atoms with Crippen molar-refractivity contribution >= 4 is 16.9 Å². The van der Waals surface area contributed by atoms with Crippen molar-refractivity contribution in [3.05, 3.63) is 47.9 Å². The summed E-state index contributed by atoms with van der Waals surface area (Å²) in [5.74, 6) is 0. The zero-order valence-electron chi connectivity index (χ0n) is 14.5. The Hall–Kier alpha value is -2.83. The van der Waals surface area contributed by atoms with Gasteiger partial charge in [-0.3, -0.25) is 9.36 Å². The van der Waals surface area contributed by atoms with Crippen LogP contribution in [0.15, 0.2) is 36.7 Å². The smallest absolute Gasteiger partial charge is 0.317 e. The number of likely N-dealkylation sites (tertiary alicyclic amines) is 1. The van der Waals surface area contributed by atoms with E-state index in [2.05, 4.69) is 15.5 Å². The number of aryl methyl sites for hydroxylation is 2. The Balaban J connectivity index is 1.39. The summed E-state index contributed by atoms with van der Waals surface area (Å²) in [6, 6.07) is 8.28. The summed E-state index contributed by atoms with van der Waals surface area (Å²) in [5, 5.41) is 13.0. The quantitative estimate of drug-likeness (QED) is 0.796. The molecule has 25 heavy (non-hydrogen) atoms. The number of para-hydroxylation sites is 1. The lowest BCUT2D eigenvalue weighted by Gasteiger charge is -2.17. The first kappa shape index (κ1) is 15.7. The van der Waals surface area contributed by atoms with Gasteiger partial charge in [-0.25, -0.2) is 4.79 Å². The van der Waals surface area contributed by atoms with Crippen LogP contribution in [0, 0.1) is 6.92 Å². The minimum absolute atomic E-state index is 0.0406. The molecular weight excluding hydrogens is 316 g/mol. The number of nitrogens with one attached hydrogen (secondary N) is 1. The van der Waals surface area contributed by atoms with Crippen molar-refractivity contribution in [1.29, 1.82) is 0 Å². The molecule has 4 rings (SSSR count). The second-order valence-electron chi connectivity index (χ2n) is 6.63. The Kier molecular flexibility index (Phi) is 3.91. The molecule has 0 bridgehead atoms. The monoisotopic (exact) mass is 338 g/mol. The number of nitrogens with zero attached hydrogens (tertiary/aromatic N) is 5. The lowest BCUT2D eigenvalue weighted by molar-refractivity contribution is 0.206. The topological polar surface area (TPSA) is 68.0 Å². The molecule has 0 saturated carbocycles. The van der Waals surface area contributed by atoms with Crippen LogP contribution in [0.1, 0.15) is 23.7 Å². The van der Waals surface area contributed by atoms with E-state index in [-0.39, 0.29) is 12.1 Å². The maximum atomic E-state index is 12.5. The van der Waals surface area contributed by atoms with Crippen molar-refractivity contribution in [3.63, 3.8) is 0 Å². The predicted octanol–water partition coefficient (Wildman–Crippen LogP) is 2.23. The number of aromatic nitrogens is 4. The molecule has 7 heteroatoms. The van der Waals surface area contributed by atoms with Gasteiger partial charge in [0.1, 0.15) is 0 Å². The Bertz CT molecular complexity index is 911. The van der Waals surface area contributed by atoms with E-state index in [1.807, 2.05) is 64.9 Å². The van der Waals surface area contributed by atoms with Crippen LogP contribution in [0.4, 0.5) is 4.79 Å². The first-order valence-electron chi connectivity index (χ1n) is 8.56. The summed E-state index contributed by atoms with van der Waals surface area (Å²) >= 11 is 0. The first-order valence-corrected chi connectivity index (χ1v) is 8.56. The maximum absolute atomic E-state index is 12.5. The molecule has 1 aliphatic heterocycles. The van der Waals surface area contributed by atoms with E-state index in [1.165, 1.54) is 0 Å². The number of carbonyl (C=O) groups is 1. The molecule has 130 valence electrons. The lowest BCUT2D eigenvalue weighted by Crippen LogP contribution is -2.38. The largest absolute Gasteiger partial charge is 0.332 e. The number of hydrogen-bond donors (Lipinski definition) is 1.